The average Bonchev–Trinajstić information content (AvgIpc) is 2.17. The van der Waals surface area contributed by atoms with Gasteiger partial charge in [0.05, 0.1) is 12.1 Å². The van der Waals surface area contributed by atoms with E-state index in [0.717, 1.165) is 5.56 Å². The number of aliphatic hydroxyl groups excluding tert-OH is 1. The molecule has 2 N–H and O–H groups in total. The number of amides is 1. The third-order valence-corrected chi connectivity index (χ3v) is 2.05. The van der Waals surface area contributed by atoms with Crippen LogP contribution in [0.1, 0.15) is 25.5 Å². The van der Waals surface area contributed by atoms with Crippen molar-refractivity contribution in [2.24, 2.45) is 0 Å². The second kappa shape index (κ2) is 4.77. The van der Waals surface area contributed by atoms with Crippen molar-refractivity contribution >= 4 is 5.91 Å². The third-order valence-electron chi connectivity index (χ3n) is 2.05. The van der Waals surface area contributed by atoms with E-state index < -0.39 is 6.10 Å². The molecule has 76 valence electrons. The molecular formula is C11H15NO2. The van der Waals surface area contributed by atoms with Gasteiger partial charge in [0.25, 0.3) is 0 Å². The van der Waals surface area contributed by atoms with Gasteiger partial charge in [-0.15, -0.1) is 0 Å². The second-order valence-electron chi connectivity index (χ2n) is 3.34. The molecule has 14 heavy (non-hydrogen) atoms. The average molecular weight is 193 g/mol. The van der Waals surface area contributed by atoms with Crippen LogP contribution in [-0.4, -0.2) is 17.1 Å². The molecule has 1 aromatic carbocycles. The van der Waals surface area contributed by atoms with E-state index in [4.69, 9.17) is 0 Å². The second-order valence-corrected chi connectivity index (χ2v) is 3.34. The van der Waals surface area contributed by atoms with Crippen LogP contribution < -0.4 is 5.32 Å². The van der Waals surface area contributed by atoms with Crippen LogP contribution in [0.5, 0.6) is 0 Å². The summed E-state index contributed by atoms with van der Waals surface area (Å²) in [6.07, 6.45) is -0.653. The molecule has 0 spiro atoms. The summed E-state index contributed by atoms with van der Waals surface area (Å²) in [5, 5.41) is 12.5. The molecule has 0 aromatic heterocycles. The van der Waals surface area contributed by atoms with Gasteiger partial charge in [-0.2, -0.15) is 0 Å². The highest BCUT2D eigenvalue weighted by Crippen LogP contribution is 2.15. The van der Waals surface area contributed by atoms with Crippen LogP contribution >= 0.6 is 0 Å². The Labute approximate surface area is 83.8 Å². The van der Waals surface area contributed by atoms with Gasteiger partial charge in [0.15, 0.2) is 0 Å². The molecule has 1 aromatic rings. The molecule has 0 saturated heterocycles. The quantitative estimate of drug-likeness (QED) is 0.759. The highest BCUT2D eigenvalue weighted by Gasteiger charge is 2.16. The number of rotatable bonds is 3. The Kier molecular flexibility index (Phi) is 3.65. The van der Waals surface area contributed by atoms with Crippen LogP contribution in [-0.2, 0) is 4.79 Å². The summed E-state index contributed by atoms with van der Waals surface area (Å²) in [4.78, 5) is 10.8. The molecule has 0 radical (unpaired) electrons. The van der Waals surface area contributed by atoms with E-state index in [2.05, 4.69) is 5.32 Å². The fourth-order valence-electron chi connectivity index (χ4n) is 1.34. The lowest BCUT2D eigenvalue weighted by molar-refractivity contribution is -0.120. The molecule has 0 heterocycles. The largest absolute Gasteiger partial charge is 0.386 e. The summed E-state index contributed by atoms with van der Waals surface area (Å²) >= 11 is 0. The van der Waals surface area contributed by atoms with Gasteiger partial charge >= 0.3 is 0 Å². The maximum atomic E-state index is 10.8. The lowest BCUT2D eigenvalue weighted by Crippen LogP contribution is -2.35. The number of nitrogens with one attached hydrogen (secondary N) is 1. The fraction of sp³-hybridized carbons (Fsp3) is 0.364. The first-order chi connectivity index (χ1) is 6.61. The Hall–Kier alpha value is -1.35. The minimum absolute atomic E-state index is 0.132. The summed E-state index contributed by atoms with van der Waals surface area (Å²) in [6.45, 7) is 3.22. The number of carbonyl (C=O) groups is 1. The van der Waals surface area contributed by atoms with Crippen molar-refractivity contribution in [3.05, 3.63) is 35.9 Å². The Bertz CT molecular complexity index is 297. The zero-order valence-corrected chi connectivity index (χ0v) is 8.40. The Morgan fingerprint density at radius 3 is 2.43 bits per heavy atom. The van der Waals surface area contributed by atoms with Gasteiger partial charge in [-0.05, 0) is 12.5 Å². The summed E-state index contributed by atoms with van der Waals surface area (Å²) in [6, 6.07) is 9.01. The van der Waals surface area contributed by atoms with Crippen LogP contribution in [0.2, 0.25) is 0 Å². The van der Waals surface area contributed by atoms with Gasteiger partial charge in [0, 0.05) is 6.92 Å². The summed E-state index contributed by atoms with van der Waals surface area (Å²) < 4.78 is 0. The predicted octanol–water partition coefficient (Wildman–Crippen LogP) is 1.24. The molecule has 3 nitrogen and oxygen atoms in total. The third kappa shape index (κ3) is 2.85. The molecule has 1 rings (SSSR count). The number of carbonyl (C=O) groups excluding carboxylic acids is 1. The van der Waals surface area contributed by atoms with Crippen LogP contribution in [0.3, 0.4) is 0 Å². The molecule has 0 aliphatic rings. The molecule has 0 fully saturated rings. The molecular weight excluding hydrogens is 178 g/mol. The van der Waals surface area contributed by atoms with E-state index in [-0.39, 0.29) is 11.9 Å². The van der Waals surface area contributed by atoms with E-state index in [9.17, 15) is 9.90 Å². The fourth-order valence-corrected chi connectivity index (χ4v) is 1.34. The molecule has 2 atom stereocenters. The van der Waals surface area contributed by atoms with Crippen molar-refractivity contribution in [1.29, 1.82) is 0 Å². The van der Waals surface area contributed by atoms with E-state index in [1.54, 1.807) is 6.92 Å². The lowest BCUT2D eigenvalue weighted by atomic mass is 10.0. The van der Waals surface area contributed by atoms with E-state index in [0.29, 0.717) is 0 Å². The van der Waals surface area contributed by atoms with Gasteiger partial charge < -0.3 is 10.4 Å². The van der Waals surface area contributed by atoms with Gasteiger partial charge in [0.2, 0.25) is 5.91 Å². The molecule has 0 bridgehead atoms. The smallest absolute Gasteiger partial charge is 0.217 e. The highest BCUT2D eigenvalue weighted by atomic mass is 16.3. The predicted molar refractivity (Wildman–Crippen MR) is 54.7 cm³/mol. The number of hydrogen-bond donors (Lipinski definition) is 2. The minimum Gasteiger partial charge on any atom is -0.386 e. The van der Waals surface area contributed by atoms with Gasteiger partial charge in [0.1, 0.15) is 0 Å². The zero-order valence-electron chi connectivity index (χ0n) is 8.40. The molecule has 3 heteroatoms. The first-order valence-electron chi connectivity index (χ1n) is 4.61. The van der Waals surface area contributed by atoms with Crippen LogP contribution in [0.25, 0.3) is 0 Å². The minimum atomic E-state index is -0.653. The van der Waals surface area contributed by atoms with Crippen molar-refractivity contribution < 1.29 is 9.90 Å². The van der Waals surface area contributed by atoms with Crippen molar-refractivity contribution in [1.82, 2.24) is 5.32 Å². The van der Waals surface area contributed by atoms with Crippen LogP contribution in [0.4, 0.5) is 0 Å². The highest BCUT2D eigenvalue weighted by molar-refractivity contribution is 5.73. The number of aliphatic hydroxyl groups is 1. The van der Waals surface area contributed by atoms with E-state index >= 15 is 0 Å². The van der Waals surface area contributed by atoms with Gasteiger partial charge in [-0.25, -0.2) is 0 Å². The first-order valence-corrected chi connectivity index (χ1v) is 4.61. The molecule has 0 saturated carbocycles. The van der Waals surface area contributed by atoms with Crippen molar-refractivity contribution in [3.8, 4) is 0 Å². The molecule has 0 unspecified atom stereocenters. The van der Waals surface area contributed by atoms with Crippen LogP contribution in [0, 0.1) is 0 Å². The maximum Gasteiger partial charge on any atom is 0.217 e. The number of hydrogen-bond acceptors (Lipinski definition) is 2. The lowest BCUT2D eigenvalue weighted by Gasteiger charge is -2.19. The molecule has 0 aliphatic carbocycles. The maximum absolute atomic E-state index is 10.8. The van der Waals surface area contributed by atoms with Crippen molar-refractivity contribution in [3.63, 3.8) is 0 Å². The summed E-state index contributed by atoms with van der Waals surface area (Å²) in [7, 11) is 0. The Morgan fingerprint density at radius 2 is 1.93 bits per heavy atom. The monoisotopic (exact) mass is 193 g/mol. The zero-order chi connectivity index (χ0) is 10.6. The summed E-state index contributed by atoms with van der Waals surface area (Å²) in [5.74, 6) is -0.132. The first kappa shape index (κ1) is 10.7. The van der Waals surface area contributed by atoms with Crippen molar-refractivity contribution in [2.75, 3.05) is 0 Å². The number of benzene rings is 1. The molecule has 0 aliphatic heterocycles. The molecule has 1 amide bonds. The van der Waals surface area contributed by atoms with Crippen LogP contribution in [0.15, 0.2) is 30.3 Å². The Morgan fingerprint density at radius 1 is 1.36 bits per heavy atom. The Balaban J connectivity index is 2.65. The standard InChI is InChI=1S/C11H15NO2/c1-8(12-9(2)13)11(14)10-6-4-3-5-7-10/h3-8,11,14H,1-2H3,(H,12,13)/t8-,11-/m1/s1. The van der Waals surface area contributed by atoms with E-state index in [1.807, 2.05) is 30.3 Å². The topological polar surface area (TPSA) is 49.3 Å². The van der Waals surface area contributed by atoms with Crippen molar-refractivity contribution in [2.45, 2.75) is 26.0 Å². The normalized spacial score (nSPS) is 14.5. The van der Waals surface area contributed by atoms with Gasteiger partial charge in [-0.3, -0.25) is 4.79 Å². The SMILES string of the molecule is CC(=O)N[C@H](C)[C@@H](O)c1ccccc1. The summed E-state index contributed by atoms with van der Waals surface area (Å²) in [5.41, 5.74) is 0.814. The van der Waals surface area contributed by atoms with E-state index in [1.165, 1.54) is 6.92 Å². The van der Waals surface area contributed by atoms with Gasteiger partial charge in [-0.1, -0.05) is 30.3 Å².